The first-order valence-electron chi connectivity index (χ1n) is 3.42. The maximum absolute atomic E-state index is 10.0. The summed E-state index contributed by atoms with van der Waals surface area (Å²) in [5, 5.41) is 2.95. The Bertz CT molecular complexity index is 105. The Morgan fingerprint density at radius 3 is 2.44 bits per heavy atom. The molecule has 3 nitrogen and oxygen atoms in total. The van der Waals surface area contributed by atoms with E-state index in [0.29, 0.717) is 0 Å². The minimum absolute atomic E-state index is 0.0382. The minimum Gasteiger partial charge on any atom is -0.326 e. The third-order valence-corrected chi connectivity index (χ3v) is 1.92. The van der Waals surface area contributed by atoms with Crippen LogP contribution in [0.2, 0.25) is 0 Å². The maximum Gasteiger partial charge on any atom is 0.107 e. The molecule has 2 atom stereocenters. The summed E-state index contributed by atoms with van der Waals surface area (Å²) < 4.78 is 0. The van der Waals surface area contributed by atoms with Crippen molar-refractivity contribution in [3.63, 3.8) is 0 Å². The fraction of sp³-hybridized carbons (Fsp3) is 1.00. The molecule has 0 spiro atoms. The van der Waals surface area contributed by atoms with Crippen molar-refractivity contribution < 1.29 is 0 Å². The molecule has 0 radical (unpaired) electrons. The molecule has 0 aromatic rings. The molecular weight excluding hydrogens is 116 g/mol. The van der Waals surface area contributed by atoms with Gasteiger partial charge in [0, 0.05) is 6.04 Å². The van der Waals surface area contributed by atoms with Gasteiger partial charge in [-0.1, -0.05) is 18.0 Å². The van der Waals surface area contributed by atoms with Crippen molar-refractivity contribution >= 4 is 0 Å². The summed E-state index contributed by atoms with van der Waals surface area (Å²) in [5.41, 5.74) is 5.60. The Kier molecular flexibility index (Phi) is 2.16. The van der Waals surface area contributed by atoms with E-state index in [9.17, 15) is 4.91 Å². The van der Waals surface area contributed by atoms with E-state index in [1.807, 2.05) is 0 Å². The molecule has 0 heterocycles. The topological polar surface area (TPSA) is 55.4 Å². The van der Waals surface area contributed by atoms with Gasteiger partial charge in [-0.25, -0.2) is 0 Å². The van der Waals surface area contributed by atoms with Crippen LogP contribution in [0.4, 0.5) is 0 Å². The van der Waals surface area contributed by atoms with Gasteiger partial charge < -0.3 is 5.73 Å². The molecule has 1 rings (SSSR count). The molecule has 0 unspecified atom stereocenters. The van der Waals surface area contributed by atoms with Gasteiger partial charge in [0.15, 0.2) is 0 Å². The van der Waals surface area contributed by atoms with Crippen molar-refractivity contribution in [2.24, 2.45) is 10.9 Å². The Labute approximate surface area is 54.6 Å². The van der Waals surface area contributed by atoms with Gasteiger partial charge in [-0.2, -0.15) is 4.91 Å². The second-order valence-corrected chi connectivity index (χ2v) is 2.62. The van der Waals surface area contributed by atoms with E-state index in [1.165, 1.54) is 0 Å². The second kappa shape index (κ2) is 2.92. The van der Waals surface area contributed by atoms with E-state index in [0.717, 1.165) is 25.7 Å². The molecule has 0 aliphatic heterocycles. The molecule has 1 aliphatic rings. The largest absolute Gasteiger partial charge is 0.326 e. The van der Waals surface area contributed by atoms with E-state index in [4.69, 9.17) is 5.73 Å². The molecule has 52 valence electrons. The van der Waals surface area contributed by atoms with Crippen LogP contribution in [0.15, 0.2) is 5.18 Å². The molecule has 3 heteroatoms. The molecule has 1 saturated carbocycles. The first-order valence-corrected chi connectivity index (χ1v) is 3.42. The van der Waals surface area contributed by atoms with Gasteiger partial charge in [-0.3, -0.25) is 0 Å². The van der Waals surface area contributed by atoms with Crippen LogP contribution >= 0.6 is 0 Å². The summed E-state index contributed by atoms with van der Waals surface area (Å²) in [6.45, 7) is 0. The maximum atomic E-state index is 10.0. The molecule has 0 amide bonds. The van der Waals surface area contributed by atoms with Crippen molar-refractivity contribution in [1.29, 1.82) is 0 Å². The molecule has 2 N–H and O–H groups in total. The van der Waals surface area contributed by atoms with Crippen molar-refractivity contribution in [1.82, 2.24) is 0 Å². The van der Waals surface area contributed by atoms with Gasteiger partial charge in [-0.05, 0) is 12.8 Å². The van der Waals surface area contributed by atoms with Crippen LogP contribution in [-0.4, -0.2) is 12.1 Å². The predicted molar refractivity (Wildman–Crippen MR) is 36.0 cm³/mol. The highest BCUT2D eigenvalue weighted by atomic mass is 16.3. The first kappa shape index (κ1) is 6.68. The standard InChI is InChI=1S/C6H12N2O/c7-5-3-1-2-4-6(5)8-9/h5-6H,1-4,7H2/t5-,6+/m1/s1. The lowest BCUT2D eigenvalue weighted by molar-refractivity contribution is 0.384. The van der Waals surface area contributed by atoms with Gasteiger partial charge in [0.1, 0.15) is 6.04 Å². The molecule has 9 heavy (non-hydrogen) atoms. The Hall–Kier alpha value is -0.440. The Morgan fingerprint density at radius 1 is 1.33 bits per heavy atom. The van der Waals surface area contributed by atoms with Crippen LogP contribution in [0.3, 0.4) is 0 Å². The molecule has 0 saturated heterocycles. The second-order valence-electron chi connectivity index (χ2n) is 2.62. The van der Waals surface area contributed by atoms with E-state index >= 15 is 0 Å². The van der Waals surface area contributed by atoms with Crippen molar-refractivity contribution in [2.75, 3.05) is 0 Å². The van der Waals surface area contributed by atoms with E-state index in [1.54, 1.807) is 0 Å². The van der Waals surface area contributed by atoms with Crippen molar-refractivity contribution in [3.05, 3.63) is 4.91 Å². The predicted octanol–water partition coefficient (Wildman–Crippen LogP) is 1.02. The van der Waals surface area contributed by atoms with Crippen LogP contribution in [0.25, 0.3) is 0 Å². The average Bonchev–Trinajstić information content (AvgIpc) is 1.89. The minimum atomic E-state index is -0.0984. The number of nitrogens with zero attached hydrogens (tertiary/aromatic N) is 1. The summed E-state index contributed by atoms with van der Waals surface area (Å²) in [5.74, 6) is 0. The molecular formula is C6H12N2O. The zero-order valence-electron chi connectivity index (χ0n) is 5.42. The Morgan fingerprint density at radius 2 is 2.00 bits per heavy atom. The number of hydrogen-bond donors (Lipinski definition) is 1. The smallest absolute Gasteiger partial charge is 0.107 e. The van der Waals surface area contributed by atoms with Crippen LogP contribution in [-0.2, 0) is 0 Å². The fourth-order valence-corrected chi connectivity index (χ4v) is 1.27. The third kappa shape index (κ3) is 1.48. The van der Waals surface area contributed by atoms with Crippen molar-refractivity contribution in [3.8, 4) is 0 Å². The lowest BCUT2D eigenvalue weighted by atomic mass is 9.92. The normalized spacial score (nSPS) is 36.1. The van der Waals surface area contributed by atoms with Gasteiger partial charge in [0.2, 0.25) is 0 Å². The zero-order chi connectivity index (χ0) is 6.69. The molecule has 0 aromatic carbocycles. The van der Waals surface area contributed by atoms with E-state index < -0.39 is 0 Å². The van der Waals surface area contributed by atoms with Crippen LogP contribution in [0.5, 0.6) is 0 Å². The van der Waals surface area contributed by atoms with Gasteiger partial charge in [-0.15, -0.1) is 0 Å². The third-order valence-electron chi connectivity index (χ3n) is 1.92. The lowest BCUT2D eigenvalue weighted by Gasteiger charge is -2.21. The van der Waals surface area contributed by atoms with E-state index in [-0.39, 0.29) is 12.1 Å². The summed E-state index contributed by atoms with van der Waals surface area (Å²) >= 11 is 0. The Balaban J connectivity index is 2.38. The van der Waals surface area contributed by atoms with Crippen LogP contribution < -0.4 is 5.73 Å². The molecule has 1 aliphatic carbocycles. The number of rotatable bonds is 1. The van der Waals surface area contributed by atoms with Crippen LogP contribution in [0, 0.1) is 4.91 Å². The quantitative estimate of drug-likeness (QED) is 0.536. The van der Waals surface area contributed by atoms with Crippen LogP contribution in [0.1, 0.15) is 25.7 Å². The van der Waals surface area contributed by atoms with Crippen molar-refractivity contribution in [2.45, 2.75) is 37.8 Å². The first-order chi connectivity index (χ1) is 4.34. The SMILES string of the molecule is N[C@@H]1CCCC[C@@H]1N=O. The number of nitroso groups, excluding NO2 is 1. The molecule has 0 aromatic heterocycles. The fourth-order valence-electron chi connectivity index (χ4n) is 1.27. The summed E-state index contributed by atoms with van der Waals surface area (Å²) in [4.78, 5) is 10.0. The highest BCUT2D eigenvalue weighted by Gasteiger charge is 2.21. The highest BCUT2D eigenvalue weighted by Crippen LogP contribution is 2.18. The molecule has 1 fully saturated rings. The number of nitrogens with two attached hydrogens (primary N) is 1. The monoisotopic (exact) mass is 128 g/mol. The number of hydrogen-bond acceptors (Lipinski definition) is 3. The van der Waals surface area contributed by atoms with E-state index in [2.05, 4.69) is 5.18 Å². The highest BCUT2D eigenvalue weighted by molar-refractivity contribution is 4.82. The summed E-state index contributed by atoms with van der Waals surface area (Å²) in [6.07, 6.45) is 4.14. The van der Waals surface area contributed by atoms with Gasteiger partial charge >= 0.3 is 0 Å². The summed E-state index contributed by atoms with van der Waals surface area (Å²) in [7, 11) is 0. The van der Waals surface area contributed by atoms with Gasteiger partial charge in [0.25, 0.3) is 0 Å². The summed E-state index contributed by atoms with van der Waals surface area (Å²) in [6, 6.07) is -0.0602. The molecule has 0 bridgehead atoms. The lowest BCUT2D eigenvalue weighted by Crippen LogP contribution is -2.35. The zero-order valence-corrected chi connectivity index (χ0v) is 5.42. The average molecular weight is 128 g/mol. The van der Waals surface area contributed by atoms with Gasteiger partial charge in [0.05, 0.1) is 0 Å².